The highest BCUT2D eigenvalue weighted by atomic mass is 79.9. The Morgan fingerprint density at radius 2 is 1.80 bits per heavy atom. The maximum atomic E-state index is 12.2. The van der Waals surface area contributed by atoms with Crippen molar-refractivity contribution in [1.29, 1.82) is 0 Å². The first-order valence-corrected chi connectivity index (χ1v) is 7.88. The van der Waals surface area contributed by atoms with E-state index in [1.807, 2.05) is 24.3 Å². The van der Waals surface area contributed by atoms with Gasteiger partial charge in [0.05, 0.1) is 4.47 Å². The number of amides is 1. The normalized spacial score (nSPS) is 10.7. The summed E-state index contributed by atoms with van der Waals surface area (Å²) in [4.78, 5) is 12.2. The van der Waals surface area contributed by atoms with Gasteiger partial charge in [0.25, 0.3) is 5.91 Å². The quantitative estimate of drug-likeness (QED) is 0.631. The van der Waals surface area contributed by atoms with Crippen molar-refractivity contribution in [2.75, 3.05) is 5.32 Å². The summed E-state index contributed by atoms with van der Waals surface area (Å²) < 4.78 is 2.05. The van der Waals surface area contributed by atoms with E-state index in [0.29, 0.717) is 10.6 Å². The first-order chi connectivity index (χ1) is 9.65. The minimum Gasteiger partial charge on any atom is -0.313 e. The van der Waals surface area contributed by atoms with Crippen molar-refractivity contribution in [1.82, 2.24) is 0 Å². The molecular weight excluding hydrogens is 358 g/mol. The molecule has 0 saturated carbocycles. The average Bonchev–Trinajstić information content (AvgIpc) is 2.77. The number of carbonyl (C=O) groups is 1. The van der Waals surface area contributed by atoms with Crippen molar-refractivity contribution >= 4 is 59.9 Å². The van der Waals surface area contributed by atoms with Crippen LogP contribution in [0.5, 0.6) is 0 Å². The molecule has 0 aliphatic heterocycles. The number of nitrogens with one attached hydrogen (secondary N) is 1. The lowest BCUT2D eigenvalue weighted by atomic mass is 10.2. The zero-order valence-corrected chi connectivity index (χ0v) is 13.3. The lowest BCUT2D eigenvalue weighted by Crippen LogP contribution is -2.10. The molecule has 20 heavy (non-hydrogen) atoms. The third-order valence-electron chi connectivity index (χ3n) is 2.87. The standard InChI is InChI=1S/C15H9BrClNOS/c16-13-11-3-1-2-4-12(11)20-15(13)18-14(19)9-5-7-10(17)8-6-9/h1-8H,(H,18,19). The molecule has 1 N–H and O–H groups in total. The Labute approximate surface area is 133 Å². The van der Waals surface area contributed by atoms with Gasteiger partial charge in [-0.15, -0.1) is 11.3 Å². The molecule has 0 radical (unpaired) electrons. The lowest BCUT2D eigenvalue weighted by Gasteiger charge is -2.03. The van der Waals surface area contributed by atoms with Gasteiger partial charge in [0, 0.05) is 20.7 Å². The monoisotopic (exact) mass is 365 g/mol. The van der Waals surface area contributed by atoms with Crippen LogP contribution in [0, 0.1) is 0 Å². The number of fused-ring (bicyclic) bond motifs is 1. The van der Waals surface area contributed by atoms with Crippen LogP contribution >= 0.6 is 38.9 Å². The van der Waals surface area contributed by atoms with Gasteiger partial charge in [-0.1, -0.05) is 29.8 Å². The topological polar surface area (TPSA) is 29.1 Å². The highest BCUT2D eigenvalue weighted by Crippen LogP contribution is 2.39. The predicted molar refractivity (Wildman–Crippen MR) is 88.9 cm³/mol. The van der Waals surface area contributed by atoms with Gasteiger partial charge < -0.3 is 5.32 Å². The highest BCUT2D eigenvalue weighted by molar-refractivity contribution is 9.10. The van der Waals surface area contributed by atoms with E-state index in [2.05, 4.69) is 21.2 Å². The van der Waals surface area contributed by atoms with E-state index in [1.165, 1.54) is 0 Å². The van der Waals surface area contributed by atoms with E-state index in [9.17, 15) is 4.79 Å². The second-order valence-electron chi connectivity index (χ2n) is 4.20. The summed E-state index contributed by atoms with van der Waals surface area (Å²) in [7, 11) is 0. The molecule has 100 valence electrons. The number of rotatable bonds is 2. The molecule has 0 saturated heterocycles. The summed E-state index contributed by atoms with van der Waals surface area (Å²) in [6, 6.07) is 14.8. The Balaban J connectivity index is 1.91. The van der Waals surface area contributed by atoms with Gasteiger partial charge >= 0.3 is 0 Å². The Kier molecular flexibility index (Phi) is 3.78. The van der Waals surface area contributed by atoms with Gasteiger partial charge in [-0.25, -0.2) is 0 Å². The minimum atomic E-state index is -0.145. The second-order valence-corrected chi connectivity index (χ2v) is 6.48. The first kappa shape index (κ1) is 13.6. The number of thiophene rings is 1. The second kappa shape index (κ2) is 5.56. The van der Waals surface area contributed by atoms with Crippen molar-refractivity contribution in [3.63, 3.8) is 0 Å². The molecule has 0 fully saturated rings. The van der Waals surface area contributed by atoms with Gasteiger partial charge in [-0.3, -0.25) is 4.79 Å². The number of halogens is 2. The molecule has 2 nitrogen and oxygen atoms in total. The Hall–Kier alpha value is -1.36. The Morgan fingerprint density at radius 3 is 2.50 bits per heavy atom. The van der Waals surface area contributed by atoms with Crippen LogP contribution in [0.4, 0.5) is 5.00 Å². The SMILES string of the molecule is O=C(Nc1sc2ccccc2c1Br)c1ccc(Cl)cc1. The average molecular weight is 367 g/mol. The van der Waals surface area contributed by atoms with Crippen molar-refractivity contribution < 1.29 is 4.79 Å². The predicted octanol–water partition coefficient (Wildman–Crippen LogP) is 5.57. The summed E-state index contributed by atoms with van der Waals surface area (Å²) in [5.74, 6) is -0.145. The van der Waals surface area contributed by atoms with E-state index in [-0.39, 0.29) is 5.91 Å². The van der Waals surface area contributed by atoms with E-state index >= 15 is 0 Å². The van der Waals surface area contributed by atoms with Crippen molar-refractivity contribution in [3.05, 3.63) is 63.6 Å². The molecule has 2 aromatic carbocycles. The fourth-order valence-electron chi connectivity index (χ4n) is 1.87. The van der Waals surface area contributed by atoms with Crippen molar-refractivity contribution in [2.45, 2.75) is 0 Å². The molecule has 0 bridgehead atoms. The molecule has 0 unspecified atom stereocenters. The molecule has 0 atom stereocenters. The van der Waals surface area contributed by atoms with Crippen LogP contribution in [0.2, 0.25) is 5.02 Å². The molecule has 0 spiro atoms. The molecule has 0 aliphatic carbocycles. The molecule has 0 aliphatic rings. The minimum absolute atomic E-state index is 0.145. The summed E-state index contributed by atoms with van der Waals surface area (Å²) in [6.45, 7) is 0. The third kappa shape index (κ3) is 2.59. The number of anilines is 1. The summed E-state index contributed by atoms with van der Waals surface area (Å²) in [6.07, 6.45) is 0. The van der Waals surface area contributed by atoms with Gasteiger partial charge in [-0.2, -0.15) is 0 Å². The van der Waals surface area contributed by atoms with E-state index in [4.69, 9.17) is 11.6 Å². The third-order valence-corrected chi connectivity index (χ3v) is 5.29. The van der Waals surface area contributed by atoms with Crippen LogP contribution in [0.1, 0.15) is 10.4 Å². The van der Waals surface area contributed by atoms with Crippen LogP contribution in [0.25, 0.3) is 10.1 Å². The first-order valence-electron chi connectivity index (χ1n) is 5.89. The molecule has 3 aromatic rings. The van der Waals surface area contributed by atoms with Gasteiger partial charge in [0.2, 0.25) is 0 Å². The Morgan fingerprint density at radius 1 is 1.10 bits per heavy atom. The van der Waals surface area contributed by atoms with Crippen molar-refractivity contribution in [2.24, 2.45) is 0 Å². The van der Waals surface area contributed by atoms with Gasteiger partial charge in [0.1, 0.15) is 5.00 Å². The van der Waals surface area contributed by atoms with Crippen LogP contribution in [0.15, 0.2) is 53.0 Å². The Bertz CT molecular complexity index is 782. The largest absolute Gasteiger partial charge is 0.313 e. The molecule has 3 rings (SSSR count). The van der Waals surface area contributed by atoms with Crippen molar-refractivity contribution in [3.8, 4) is 0 Å². The maximum absolute atomic E-state index is 12.2. The molecule has 5 heteroatoms. The summed E-state index contributed by atoms with van der Waals surface area (Å²) in [5, 5.41) is 5.45. The molecule has 1 amide bonds. The van der Waals surface area contributed by atoms with E-state index in [1.54, 1.807) is 35.6 Å². The van der Waals surface area contributed by atoms with Gasteiger partial charge in [0.15, 0.2) is 0 Å². The molecule has 1 heterocycles. The van der Waals surface area contributed by atoms with E-state index in [0.717, 1.165) is 19.6 Å². The zero-order chi connectivity index (χ0) is 14.1. The number of benzene rings is 2. The van der Waals surface area contributed by atoms with Crippen LogP contribution in [-0.4, -0.2) is 5.91 Å². The highest BCUT2D eigenvalue weighted by Gasteiger charge is 2.13. The number of hydrogen-bond acceptors (Lipinski definition) is 2. The van der Waals surface area contributed by atoms with Crippen LogP contribution in [0.3, 0.4) is 0 Å². The van der Waals surface area contributed by atoms with Gasteiger partial charge in [-0.05, 0) is 46.3 Å². The number of hydrogen-bond donors (Lipinski definition) is 1. The smallest absolute Gasteiger partial charge is 0.256 e. The molecule has 1 aromatic heterocycles. The maximum Gasteiger partial charge on any atom is 0.256 e. The number of carbonyl (C=O) groups excluding carboxylic acids is 1. The van der Waals surface area contributed by atoms with E-state index < -0.39 is 0 Å². The summed E-state index contributed by atoms with van der Waals surface area (Å²) >= 11 is 10.9. The zero-order valence-electron chi connectivity index (χ0n) is 10.2. The molecular formula is C15H9BrClNOS. The fourth-order valence-corrected chi connectivity index (χ4v) is 3.81. The lowest BCUT2D eigenvalue weighted by molar-refractivity contribution is 0.102. The van der Waals surface area contributed by atoms with Crippen LogP contribution in [-0.2, 0) is 0 Å². The van der Waals surface area contributed by atoms with Crippen LogP contribution < -0.4 is 5.32 Å². The fraction of sp³-hybridized carbons (Fsp3) is 0. The summed E-state index contributed by atoms with van der Waals surface area (Å²) in [5.41, 5.74) is 0.582.